The van der Waals surface area contributed by atoms with E-state index in [9.17, 15) is 0 Å². The Hall–Kier alpha value is -1.36. The molecule has 0 radical (unpaired) electrons. The van der Waals surface area contributed by atoms with Gasteiger partial charge in [0, 0.05) is 17.5 Å². The molecule has 0 aliphatic carbocycles. The molecule has 1 saturated heterocycles. The minimum atomic E-state index is 0.00284. The van der Waals surface area contributed by atoms with Crippen molar-refractivity contribution >= 4 is 23.4 Å². The van der Waals surface area contributed by atoms with Gasteiger partial charge >= 0.3 is 0 Å². The number of hydrogen-bond donors (Lipinski definition) is 1. The van der Waals surface area contributed by atoms with Crippen LogP contribution in [0.15, 0.2) is 29.3 Å². The number of methoxy groups -OCH3 is 1. The summed E-state index contributed by atoms with van der Waals surface area (Å²) in [7, 11) is 1.69. The van der Waals surface area contributed by atoms with Gasteiger partial charge in [0.05, 0.1) is 19.2 Å². The molecule has 2 N–H and O–H groups in total. The summed E-state index contributed by atoms with van der Waals surface area (Å²) in [5, 5.41) is 0. The maximum atomic E-state index is 6.22. The monoisotopic (exact) mass is 305 g/mol. The number of aliphatic imine (C=N–C) groups is 1. The molecular formula is C16H23N3OS. The lowest BCUT2D eigenvalue weighted by Crippen LogP contribution is -2.58. The molecule has 0 saturated carbocycles. The molecule has 1 unspecified atom stereocenters. The number of nitrogens with zero attached hydrogens (tertiary/aromatic N) is 2. The highest BCUT2D eigenvalue weighted by Gasteiger charge is 2.49. The summed E-state index contributed by atoms with van der Waals surface area (Å²) in [5.74, 6) is 3.74. The lowest BCUT2D eigenvalue weighted by molar-refractivity contribution is 0.282. The van der Waals surface area contributed by atoms with Crippen molar-refractivity contribution in [3.63, 3.8) is 0 Å². The number of thioether (sulfide) groups is 1. The molecule has 4 nitrogen and oxygen atoms in total. The predicted molar refractivity (Wildman–Crippen MR) is 90.4 cm³/mol. The molecule has 1 aromatic carbocycles. The van der Waals surface area contributed by atoms with E-state index in [0.717, 1.165) is 30.2 Å². The van der Waals surface area contributed by atoms with Crippen LogP contribution in [-0.2, 0) is 0 Å². The highest BCUT2D eigenvalue weighted by atomic mass is 32.2. The van der Waals surface area contributed by atoms with Crippen molar-refractivity contribution in [1.82, 2.24) is 0 Å². The van der Waals surface area contributed by atoms with Crippen LogP contribution in [0.25, 0.3) is 0 Å². The lowest BCUT2D eigenvalue weighted by atomic mass is 9.79. The first-order valence-corrected chi connectivity index (χ1v) is 8.43. The minimum absolute atomic E-state index is 0.00284. The van der Waals surface area contributed by atoms with E-state index in [1.807, 2.05) is 30.0 Å². The number of anilines is 1. The SMILES string of the molecule is COc1cccc(N2C(N)=NCC23CSCC(C)(C)C3)c1. The fourth-order valence-electron chi connectivity index (χ4n) is 3.52. The van der Waals surface area contributed by atoms with Crippen LogP contribution in [0.1, 0.15) is 20.3 Å². The normalized spacial score (nSPS) is 27.8. The van der Waals surface area contributed by atoms with E-state index in [4.69, 9.17) is 10.5 Å². The average molecular weight is 305 g/mol. The van der Waals surface area contributed by atoms with Gasteiger partial charge in [-0.3, -0.25) is 4.99 Å². The molecule has 0 aromatic heterocycles. The molecule has 1 aromatic rings. The Kier molecular flexibility index (Phi) is 3.56. The van der Waals surface area contributed by atoms with E-state index in [-0.39, 0.29) is 5.54 Å². The van der Waals surface area contributed by atoms with Crippen LogP contribution in [0.4, 0.5) is 5.69 Å². The first-order valence-electron chi connectivity index (χ1n) is 7.28. The third-order valence-corrected chi connectivity index (χ3v) is 5.95. The number of nitrogens with two attached hydrogens (primary N) is 1. The number of rotatable bonds is 2. The summed E-state index contributed by atoms with van der Waals surface area (Å²) in [4.78, 5) is 6.78. The second kappa shape index (κ2) is 5.13. The van der Waals surface area contributed by atoms with Crippen molar-refractivity contribution in [2.45, 2.75) is 25.8 Å². The molecule has 2 heterocycles. The minimum Gasteiger partial charge on any atom is -0.497 e. The third kappa shape index (κ3) is 2.59. The molecule has 1 spiro atoms. The van der Waals surface area contributed by atoms with Gasteiger partial charge < -0.3 is 15.4 Å². The highest BCUT2D eigenvalue weighted by Crippen LogP contribution is 2.45. The predicted octanol–water partition coefficient (Wildman–Crippen LogP) is 2.73. The topological polar surface area (TPSA) is 50.9 Å². The Balaban J connectivity index is 1.99. The summed E-state index contributed by atoms with van der Waals surface area (Å²) in [6.45, 7) is 5.45. The van der Waals surface area contributed by atoms with Crippen LogP contribution in [0, 0.1) is 5.41 Å². The highest BCUT2D eigenvalue weighted by molar-refractivity contribution is 7.99. The van der Waals surface area contributed by atoms with Crippen molar-refractivity contribution in [1.29, 1.82) is 0 Å². The van der Waals surface area contributed by atoms with Crippen molar-refractivity contribution in [2.75, 3.05) is 30.1 Å². The first-order chi connectivity index (χ1) is 9.96. The molecule has 0 bridgehead atoms. The zero-order valence-corrected chi connectivity index (χ0v) is 13.7. The maximum Gasteiger partial charge on any atom is 0.196 e. The number of hydrogen-bond acceptors (Lipinski definition) is 5. The second-order valence-corrected chi connectivity index (χ2v) is 7.76. The van der Waals surface area contributed by atoms with Gasteiger partial charge in [0.15, 0.2) is 5.96 Å². The lowest BCUT2D eigenvalue weighted by Gasteiger charge is -2.47. The quantitative estimate of drug-likeness (QED) is 0.913. The molecule has 2 aliphatic rings. The molecule has 3 rings (SSSR count). The van der Waals surface area contributed by atoms with Gasteiger partial charge in [-0.2, -0.15) is 11.8 Å². The Morgan fingerprint density at radius 3 is 2.86 bits per heavy atom. The maximum absolute atomic E-state index is 6.22. The fourth-order valence-corrected chi connectivity index (χ4v) is 4.98. The van der Waals surface area contributed by atoms with Crippen LogP contribution in [0.2, 0.25) is 0 Å². The Bertz CT molecular complexity index is 572. The molecule has 1 fully saturated rings. The van der Waals surface area contributed by atoms with Gasteiger partial charge in [0.25, 0.3) is 0 Å². The van der Waals surface area contributed by atoms with E-state index >= 15 is 0 Å². The number of ether oxygens (including phenoxy) is 1. The fraction of sp³-hybridized carbons (Fsp3) is 0.562. The zero-order valence-electron chi connectivity index (χ0n) is 12.9. The molecule has 21 heavy (non-hydrogen) atoms. The van der Waals surface area contributed by atoms with E-state index < -0.39 is 0 Å². The zero-order chi connectivity index (χ0) is 15.1. The summed E-state index contributed by atoms with van der Waals surface area (Å²) >= 11 is 2.01. The second-order valence-electron chi connectivity index (χ2n) is 6.77. The summed E-state index contributed by atoms with van der Waals surface area (Å²) in [5.41, 5.74) is 7.61. The van der Waals surface area contributed by atoms with Crippen molar-refractivity contribution in [2.24, 2.45) is 16.1 Å². The van der Waals surface area contributed by atoms with Gasteiger partial charge in [-0.25, -0.2) is 0 Å². The van der Waals surface area contributed by atoms with E-state index in [2.05, 4.69) is 29.8 Å². The molecular weight excluding hydrogens is 282 g/mol. The smallest absolute Gasteiger partial charge is 0.196 e. The van der Waals surface area contributed by atoms with Crippen LogP contribution < -0.4 is 15.4 Å². The average Bonchev–Trinajstić information content (AvgIpc) is 2.74. The Morgan fingerprint density at radius 2 is 2.14 bits per heavy atom. The van der Waals surface area contributed by atoms with Gasteiger partial charge in [0.2, 0.25) is 0 Å². The molecule has 2 aliphatic heterocycles. The van der Waals surface area contributed by atoms with Crippen LogP contribution >= 0.6 is 11.8 Å². The van der Waals surface area contributed by atoms with Gasteiger partial charge in [-0.05, 0) is 29.7 Å². The van der Waals surface area contributed by atoms with E-state index in [0.29, 0.717) is 11.4 Å². The summed E-state index contributed by atoms with van der Waals surface area (Å²) < 4.78 is 5.35. The number of guanidine groups is 1. The standard InChI is InChI=1S/C16H23N3OS/c1-15(2)8-16(11-21-10-15)9-18-14(17)19(16)12-5-4-6-13(7-12)20-3/h4-7H,8-11H2,1-3H3,(H2,17,18). The first kappa shape index (κ1) is 14.6. The van der Waals surface area contributed by atoms with Crippen molar-refractivity contribution in [3.8, 4) is 5.75 Å². The third-order valence-electron chi connectivity index (χ3n) is 4.22. The van der Waals surface area contributed by atoms with E-state index in [1.54, 1.807) is 7.11 Å². The van der Waals surface area contributed by atoms with Crippen LogP contribution in [0.5, 0.6) is 5.75 Å². The number of benzene rings is 1. The molecule has 0 amide bonds. The van der Waals surface area contributed by atoms with Crippen LogP contribution in [-0.4, -0.2) is 36.7 Å². The van der Waals surface area contributed by atoms with Crippen LogP contribution in [0.3, 0.4) is 0 Å². The van der Waals surface area contributed by atoms with Gasteiger partial charge in [0.1, 0.15) is 5.75 Å². The summed E-state index contributed by atoms with van der Waals surface area (Å²) in [6, 6.07) is 8.10. The largest absolute Gasteiger partial charge is 0.497 e. The Morgan fingerprint density at radius 1 is 1.33 bits per heavy atom. The van der Waals surface area contributed by atoms with Crippen molar-refractivity contribution in [3.05, 3.63) is 24.3 Å². The van der Waals surface area contributed by atoms with Gasteiger partial charge in [-0.15, -0.1) is 0 Å². The molecule has 1 atom stereocenters. The summed E-state index contributed by atoms with van der Waals surface area (Å²) in [6.07, 6.45) is 1.11. The molecule has 114 valence electrons. The van der Waals surface area contributed by atoms with E-state index in [1.165, 1.54) is 5.75 Å². The van der Waals surface area contributed by atoms with Gasteiger partial charge in [-0.1, -0.05) is 19.9 Å². The van der Waals surface area contributed by atoms with Crippen molar-refractivity contribution < 1.29 is 4.74 Å². The Labute approximate surface area is 130 Å². The molecule has 5 heteroatoms.